The highest BCUT2D eigenvalue weighted by molar-refractivity contribution is 6.32. The summed E-state index contributed by atoms with van der Waals surface area (Å²) in [6, 6.07) is 24.0. The molecule has 0 bridgehead atoms. The van der Waals surface area contributed by atoms with Gasteiger partial charge in [0.05, 0.1) is 16.7 Å². The lowest BCUT2D eigenvalue weighted by atomic mass is 9.96. The monoisotopic (exact) mass is 641 g/mol. The highest BCUT2D eigenvalue weighted by Gasteiger charge is 2.20. The number of aliphatic carboxylic acids is 1. The van der Waals surface area contributed by atoms with Crippen molar-refractivity contribution in [2.75, 3.05) is 33.9 Å². The van der Waals surface area contributed by atoms with Crippen LogP contribution in [0.4, 0.5) is 0 Å². The second kappa shape index (κ2) is 15.0. The van der Waals surface area contributed by atoms with Crippen molar-refractivity contribution in [1.82, 2.24) is 10.2 Å². The smallest absolute Gasteiger partial charge is 0.322 e. The SMILES string of the molecule is Cc1c(COc2cc(OCc3cccc(C#N)c3)c(CNC(CN(C)C)C(=O)O)cc2Cl)cccc1-c1ccc2c(c1)OCCO2. The lowest BCUT2D eigenvalue weighted by Gasteiger charge is -2.21. The molecule has 1 unspecified atom stereocenters. The van der Waals surface area contributed by atoms with Crippen LogP contribution in [-0.4, -0.2) is 55.9 Å². The molecule has 0 amide bonds. The third-order valence-electron chi connectivity index (χ3n) is 7.63. The Bertz CT molecular complexity index is 1750. The van der Waals surface area contributed by atoms with E-state index in [0.29, 0.717) is 47.4 Å². The Hall–Kier alpha value is -4.75. The third-order valence-corrected chi connectivity index (χ3v) is 7.93. The van der Waals surface area contributed by atoms with E-state index in [-0.39, 0.29) is 19.8 Å². The van der Waals surface area contributed by atoms with Gasteiger partial charge >= 0.3 is 5.97 Å². The number of benzene rings is 4. The zero-order valence-corrected chi connectivity index (χ0v) is 26.8. The average molecular weight is 642 g/mol. The molecule has 9 nitrogen and oxygen atoms in total. The summed E-state index contributed by atoms with van der Waals surface area (Å²) in [4.78, 5) is 13.7. The van der Waals surface area contributed by atoms with E-state index in [1.807, 2.05) is 50.5 Å². The van der Waals surface area contributed by atoms with Crippen LogP contribution in [0.5, 0.6) is 23.0 Å². The summed E-state index contributed by atoms with van der Waals surface area (Å²) >= 11 is 6.73. The minimum absolute atomic E-state index is 0.195. The molecule has 238 valence electrons. The average Bonchev–Trinajstić information content (AvgIpc) is 3.05. The molecule has 4 aromatic carbocycles. The van der Waals surface area contributed by atoms with Crippen LogP contribution >= 0.6 is 11.6 Å². The number of nitrogens with one attached hydrogen (secondary N) is 1. The molecule has 5 rings (SSSR count). The van der Waals surface area contributed by atoms with Gasteiger partial charge in [0, 0.05) is 24.7 Å². The van der Waals surface area contributed by atoms with Gasteiger partial charge in [-0.3, -0.25) is 10.1 Å². The van der Waals surface area contributed by atoms with Crippen LogP contribution < -0.4 is 24.3 Å². The first-order valence-electron chi connectivity index (χ1n) is 14.9. The van der Waals surface area contributed by atoms with Gasteiger partial charge in [-0.1, -0.05) is 48.0 Å². The van der Waals surface area contributed by atoms with Gasteiger partial charge in [-0.25, -0.2) is 0 Å². The zero-order valence-electron chi connectivity index (χ0n) is 26.0. The number of fused-ring (bicyclic) bond motifs is 1. The fourth-order valence-corrected chi connectivity index (χ4v) is 5.44. The van der Waals surface area contributed by atoms with Crippen molar-refractivity contribution in [3.8, 4) is 40.2 Å². The number of nitrogens with zero attached hydrogens (tertiary/aromatic N) is 2. The van der Waals surface area contributed by atoms with Crippen LogP contribution in [0.15, 0.2) is 72.8 Å². The maximum absolute atomic E-state index is 11.9. The predicted molar refractivity (Wildman–Crippen MR) is 176 cm³/mol. The van der Waals surface area contributed by atoms with Gasteiger partial charge in [0.25, 0.3) is 0 Å². The van der Waals surface area contributed by atoms with Gasteiger partial charge in [0.1, 0.15) is 44.0 Å². The normalized spacial score (nSPS) is 12.8. The van der Waals surface area contributed by atoms with Gasteiger partial charge in [0.15, 0.2) is 11.5 Å². The van der Waals surface area contributed by atoms with Crippen molar-refractivity contribution in [2.45, 2.75) is 32.7 Å². The van der Waals surface area contributed by atoms with Crippen LogP contribution in [0.2, 0.25) is 5.02 Å². The highest BCUT2D eigenvalue weighted by atomic mass is 35.5. The number of carboxylic acids is 1. The van der Waals surface area contributed by atoms with Crippen molar-refractivity contribution in [1.29, 1.82) is 5.26 Å². The first-order chi connectivity index (χ1) is 22.2. The summed E-state index contributed by atoms with van der Waals surface area (Å²) in [5, 5.41) is 22.5. The van der Waals surface area contributed by atoms with E-state index in [4.69, 9.17) is 30.5 Å². The van der Waals surface area contributed by atoms with E-state index in [1.54, 1.807) is 35.2 Å². The van der Waals surface area contributed by atoms with Crippen LogP contribution in [0.1, 0.15) is 27.8 Å². The molecule has 2 N–H and O–H groups in total. The van der Waals surface area contributed by atoms with Gasteiger partial charge in [-0.05, 0) is 79.2 Å². The number of carbonyl (C=O) groups is 1. The third kappa shape index (κ3) is 8.09. The van der Waals surface area contributed by atoms with Crippen LogP contribution in [0, 0.1) is 18.3 Å². The van der Waals surface area contributed by atoms with Gasteiger partial charge in [-0.15, -0.1) is 0 Å². The molecule has 0 radical (unpaired) electrons. The van der Waals surface area contributed by atoms with Crippen molar-refractivity contribution in [3.05, 3.63) is 106 Å². The number of halogens is 1. The Morgan fingerprint density at radius 1 is 0.978 bits per heavy atom. The molecular weight excluding hydrogens is 606 g/mol. The molecule has 0 spiro atoms. The van der Waals surface area contributed by atoms with Gasteiger partial charge in [0.2, 0.25) is 0 Å². The Kier molecular flexibility index (Phi) is 10.7. The van der Waals surface area contributed by atoms with E-state index >= 15 is 0 Å². The van der Waals surface area contributed by atoms with E-state index in [2.05, 4.69) is 24.4 Å². The standard InChI is InChI=1S/C36H36ClN3O6/c1-23-27(8-5-9-29(23)26-10-11-32-35(16-26)44-13-12-43-32)22-46-34-17-33(45-21-25-7-4-6-24(14-25)18-38)28(15-30(34)37)19-39-31(36(41)42)20-40(2)3/h4-11,14-17,31,39H,12-13,19-22H2,1-3H3,(H,41,42). The van der Waals surface area contributed by atoms with Crippen molar-refractivity contribution in [2.24, 2.45) is 0 Å². The summed E-state index contributed by atoms with van der Waals surface area (Å²) in [6.45, 7) is 4.08. The zero-order chi connectivity index (χ0) is 32.6. The second-order valence-corrected chi connectivity index (χ2v) is 11.7. The van der Waals surface area contributed by atoms with Crippen molar-refractivity contribution in [3.63, 3.8) is 0 Å². The number of likely N-dealkylation sites (N-methyl/N-ethyl adjacent to an activating group) is 1. The van der Waals surface area contributed by atoms with Gasteiger partial charge < -0.3 is 29.0 Å². The summed E-state index contributed by atoms with van der Waals surface area (Å²) in [6.07, 6.45) is 0. The molecule has 0 aliphatic carbocycles. The maximum Gasteiger partial charge on any atom is 0.322 e. The minimum atomic E-state index is -0.954. The Balaban J connectivity index is 1.38. The number of nitriles is 1. The topological polar surface area (TPSA) is 113 Å². The van der Waals surface area contributed by atoms with E-state index in [1.165, 1.54) is 0 Å². The number of ether oxygens (including phenoxy) is 4. The first-order valence-corrected chi connectivity index (χ1v) is 15.3. The predicted octanol–water partition coefficient (Wildman–Crippen LogP) is 6.22. The van der Waals surface area contributed by atoms with Crippen LogP contribution in [0.25, 0.3) is 11.1 Å². The van der Waals surface area contributed by atoms with E-state index in [0.717, 1.165) is 39.3 Å². The first kappa shape index (κ1) is 32.6. The molecule has 4 aromatic rings. The Labute approximate surface area is 273 Å². The summed E-state index contributed by atoms with van der Waals surface area (Å²) in [5.74, 6) is 1.44. The van der Waals surface area contributed by atoms with Crippen LogP contribution in [0.3, 0.4) is 0 Å². The quantitative estimate of drug-likeness (QED) is 0.176. The number of hydrogen-bond acceptors (Lipinski definition) is 8. The molecule has 1 aliphatic heterocycles. The molecule has 1 heterocycles. The highest BCUT2D eigenvalue weighted by Crippen LogP contribution is 2.37. The van der Waals surface area contributed by atoms with Crippen molar-refractivity contribution >= 4 is 17.6 Å². The largest absolute Gasteiger partial charge is 0.488 e. The van der Waals surface area contributed by atoms with Crippen molar-refractivity contribution < 1.29 is 28.8 Å². The second-order valence-electron chi connectivity index (χ2n) is 11.3. The van der Waals surface area contributed by atoms with E-state index in [9.17, 15) is 15.2 Å². The molecule has 0 saturated heterocycles. The molecule has 0 saturated carbocycles. The summed E-state index contributed by atoms with van der Waals surface area (Å²) in [7, 11) is 3.64. The molecule has 1 atom stereocenters. The molecule has 0 fully saturated rings. The van der Waals surface area contributed by atoms with Crippen LogP contribution in [-0.2, 0) is 24.6 Å². The fourth-order valence-electron chi connectivity index (χ4n) is 5.20. The van der Waals surface area contributed by atoms with E-state index < -0.39 is 12.0 Å². The lowest BCUT2D eigenvalue weighted by Crippen LogP contribution is -2.43. The molecule has 10 heteroatoms. The molecular formula is C36H36ClN3O6. The minimum Gasteiger partial charge on any atom is -0.488 e. The fraction of sp³-hybridized carbons (Fsp3) is 0.278. The Morgan fingerprint density at radius 3 is 2.50 bits per heavy atom. The molecule has 1 aliphatic rings. The summed E-state index contributed by atoms with van der Waals surface area (Å²) < 4.78 is 24.0. The Morgan fingerprint density at radius 2 is 1.74 bits per heavy atom. The number of hydrogen-bond donors (Lipinski definition) is 2. The number of rotatable bonds is 13. The maximum atomic E-state index is 11.9. The molecule has 0 aromatic heterocycles. The van der Waals surface area contributed by atoms with Gasteiger partial charge in [-0.2, -0.15) is 5.26 Å². The number of carboxylic acid groups (broad SMARTS) is 1. The molecule has 46 heavy (non-hydrogen) atoms. The summed E-state index contributed by atoms with van der Waals surface area (Å²) in [5.41, 5.74) is 6.14. The lowest BCUT2D eigenvalue weighted by molar-refractivity contribution is -0.139.